The zero-order valence-corrected chi connectivity index (χ0v) is 15.9. The molecular weight excluding hydrogens is 350 g/mol. The van der Waals surface area contributed by atoms with Gasteiger partial charge in [0.2, 0.25) is 6.41 Å². The van der Waals surface area contributed by atoms with E-state index in [-0.39, 0.29) is 5.91 Å². The highest BCUT2D eigenvalue weighted by molar-refractivity contribution is 6.03. The molecule has 1 saturated heterocycles. The standard InChI is InChI=1S/C23H25N3O2/c1-2-12-22-14-15-26(16-27)23(22,13-11-17-7-3-4-8-18(17)22)21(28)25-20-10-6-5-9-19(20)24/h2-10,16H,1,11-15,24H2,(H,25,28)/t22-,23-/m1/s1. The quantitative estimate of drug-likeness (QED) is 0.478. The fourth-order valence-corrected chi connectivity index (χ4v) is 5.31. The van der Waals surface area contributed by atoms with Crippen molar-refractivity contribution in [1.29, 1.82) is 0 Å². The highest BCUT2D eigenvalue weighted by Crippen LogP contribution is 2.56. The maximum atomic E-state index is 13.8. The fraction of sp³-hybridized carbons (Fsp3) is 0.304. The van der Waals surface area contributed by atoms with Crippen LogP contribution in [0.1, 0.15) is 30.4 Å². The summed E-state index contributed by atoms with van der Waals surface area (Å²) in [5, 5.41) is 3.02. The Morgan fingerprint density at radius 1 is 1.18 bits per heavy atom. The first kappa shape index (κ1) is 18.3. The average Bonchev–Trinajstić information content (AvgIpc) is 3.05. The number of fused-ring (bicyclic) bond motifs is 3. The summed E-state index contributed by atoms with van der Waals surface area (Å²) in [6, 6.07) is 15.5. The molecule has 5 nitrogen and oxygen atoms in total. The highest BCUT2D eigenvalue weighted by Gasteiger charge is 2.65. The first-order valence-corrected chi connectivity index (χ1v) is 9.66. The van der Waals surface area contributed by atoms with E-state index >= 15 is 0 Å². The number of aryl methyl sites for hydroxylation is 1. The van der Waals surface area contributed by atoms with Gasteiger partial charge in [0.05, 0.1) is 11.4 Å². The zero-order chi connectivity index (χ0) is 19.8. The number of para-hydroxylation sites is 2. The summed E-state index contributed by atoms with van der Waals surface area (Å²) in [4.78, 5) is 27.5. The number of nitrogens with zero attached hydrogens (tertiary/aromatic N) is 1. The molecule has 5 heteroatoms. The van der Waals surface area contributed by atoms with Gasteiger partial charge in [0.1, 0.15) is 5.54 Å². The Hall–Kier alpha value is -3.08. The van der Waals surface area contributed by atoms with Crippen LogP contribution < -0.4 is 11.1 Å². The van der Waals surface area contributed by atoms with Gasteiger partial charge in [-0.15, -0.1) is 6.58 Å². The molecule has 4 rings (SSSR count). The molecule has 2 aromatic rings. The molecule has 1 aliphatic heterocycles. The predicted molar refractivity (Wildman–Crippen MR) is 111 cm³/mol. The lowest BCUT2D eigenvalue weighted by Gasteiger charge is -2.51. The minimum absolute atomic E-state index is 0.175. The molecule has 0 bridgehead atoms. The van der Waals surface area contributed by atoms with Crippen molar-refractivity contribution in [3.05, 3.63) is 72.3 Å². The second-order valence-corrected chi connectivity index (χ2v) is 7.68. The summed E-state index contributed by atoms with van der Waals surface area (Å²) in [5.74, 6) is -0.175. The SMILES string of the molecule is C=CC[C@]12CCN(C=O)[C@@]1(C(=O)Nc1ccccc1N)CCc1ccccc12. The maximum absolute atomic E-state index is 13.8. The number of anilines is 2. The van der Waals surface area contributed by atoms with Gasteiger partial charge in [0.25, 0.3) is 5.91 Å². The van der Waals surface area contributed by atoms with Crippen LogP contribution in [0.2, 0.25) is 0 Å². The second kappa shape index (κ2) is 6.82. The molecule has 2 atom stereocenters. The van der Waals surface area contributed by atoms with Crippen LogP contribution in [-0.4, -0.2) is 29.3 Å². The Labute approximate surface area is 165 Å². The number of nitrogens with one attached hydrogen (secondary N) is 1. The molecule has 2 aliphatic rings. The van der Waals surface area contributed by atoms with Crippen LogP contribution in [0.4, 0.5) is 11.4 Å². The number of benzene rings is 2. The molecule has 3 N–H and O–H groups in total. The van der Waals surface area contributed by atoms with Gasteiger partial charge in [-0.25, -0.2) is 0 Å². The molecule has 0 aromatic heterocycles. The van der Waals surface area contributed by atoms with Gasteiger partial charge >= 0.3 is 0 Å². The van der Waals surface area contributed by atoms with E-state index in [0.29, 0.717) is 30.8 Å². The van der Waals surface area contributed by atoms with Crippen LogP contribution in [0, 0.1) is 0 Å². The number of allylic oxidation sites excluding steroid dienone is 1. The summed E-state index contributed by atoms with van der Waals surface area (Å²) < 4.78 is 0. The van der Waals surface area contributed by atoms with Crippen molar-refractivity contribution in [3.8, 4) is 0 Å². The van der Waals surface area contributed by atoms with Crippen molar-refractivity contribution in [2.24, 2.45) is 0 Å². The Balaban J connectivity index is 1.87. The second-order valence-electron chi connectivity index (χ2n) is 7.68. The van der Waals surface area contributed by atoms with E-state index in [1.807, 2.05) is 30.3 Å². The van der Waals surface area contributed by atoms with E-state index < -0.39 is 11.0 Å². The van der Waals surface area contributed by atoms with Crippen LogP contribution in [0.25, 0.3) is 0 Å². The number of carbonyl (C=O) groups is 2. The number of rotatable bonds is 5. The van der Waals surface area contributed by atoms with Crippen LogP contribution in [0.5, 0.6) is 0 Å². The molecule has 1 heterocycles. The van der Waals surface area contributed by atoms with Crippen molar-refractivity contribution < 1.29 is 9.59 Å². The van der Waals surface area contributed by atoms with Crippen molar-refractivity contribution in [1.82, 2.24) is 4.90 Å². The van der Waals surface area contributed by atoms with E-state index in [0.717, 1.165) is 24.8 Å². The molecule has 0 radical (unpaired) electrons. The third kappa shape index (κ3) is 2.39. The van der Waals surface area contributed by atoms with E-state index in [1.54, 1.807) is 17.0 Å². The van der Waals surface area contributed by atoms with Gasteiger partial charge in [-0.2, -0.15) is 0 Å². The van der Waals surface area contributed by atoms with Crippen LogP contribution >= 0.6 is 0 Å². The maximum Gasteiger partial charge on any atom is 0.251 e. The molecular formula is C23H25N3O2. The van der Waals surface area contributed by atoms with E-state index in [1.165, 1.54) is 5.56 Å². The van der Waals surface area contributed by atoms with Crippen LogP contribution in [0.3, 0.4) is 0 Å². The van der Waals surface area contributed by atoms with Crippen molar-refractivity contribution in [2.75, 3.05) is 17.6 Å². The average molecular weight is 375 g/mol. The van der Waals surface area contributed by atoms with Crippen molar-refractivity contribution >= 4 is 23.7 Å². The van der Waals surface area contributed by atoms with E-state index in [2.05, 4.69) is 24.0 Å². The Morgan fingerprint density at radius 3 is 2.68 bits per heavy atom. The Bertz CT molecular complexity index is 941. The topological polar surface area (TPSA) is 75.4 Å². The van der Waals surface area contributed by atoms with Gasteiger partial charge in [0.15, 0.2) is 0 Å². The molecule has 2 amide bonds. The number of carbonyl (C=O) groups excluding carboxylic acids is 2. The smallest absolute Gasteiger partial charge is 0.251 e. The van der Waals surface area contributed by atoms with Crippen molar-refractivity contribution in [3.63, 3.8) is 0 Å². The number of hydrogen-bond acceptors (Lipinski definition) is 3. The summed E-state index contributed by atoms with van der Waals surface area (Å²) in [6.45, 7) is 4.51. The Morgan fingerprint density at radius 2 is 1.93 bits per heavy atom. The minimum Gasteiger partial charge on any atom is -0.397 e. The molecule has 1 aliphatic carbocycles. The lowest BCUT2D eigenvalue weighted by Crippen LogP contribution is -2.65. The highest BCUT2D eigenvalue weighted by atomic mass is 16.2. The summed E-state index contributed by atoms with van der Waals surface area (Å²) >= 11 is 0. The van der Waals surface area contributed by atoms with Crippen molar-refractivity contribution in [2.45, 2.75) is 36.6 Å². The molecule has 2 aromatic carbocycles. The third-order valence-corrected chi connectivity index (χ3v) is 6.56. The first-order valence-electron chi connectivity index (χ1n) is 9.66. The first-order chi connectivity index (χ1) is 13.6. The number of nitrogen functional groups attached to an aromatic ring is 1. The lowest BCUT2D eigenvalue weighted by atomic mass is 9.57. The number of nitrogens with two attached hydrogens (primary N) is 1. The van der Waals surface area contributed by atoms with Gasteiger partial charge in [0, 0.05) is 12.0 Å². The molecule has 28 heavy (non-hydrogen) atoms. The number of amides is 2. The third-order valence-electron chi connectivity index (χ3n) is 6.56. The monoisotopic (exact) mass is 375 g/mol. The minimum atomic E-state index is -0.959. The number of hydrogen-bond donors (Lipinski definition) is 2. The fourth-order valence-electron chi connectivity index (χ4n) is 5.31. The molecule has 1 fully saturated rings. The van der Waals surface area contributed by atoms with Gasteiger partial charge < -0.3 is 16.0 Å². The molecule has 144 valence electrons. The molecule has 0 spiro atoms. The summed E-state index contributed by atoms with van der Waals surface area (Å²) in [5.41, 5.74) is 8.09. The summed E-state index contributed by atoms with van der Waals surface area (Å²) in [6.07, 6.45) is 5.38. The van der Waals surface area contributed by atoms with E-state index in [4.69, 9.17) is 5.73 Å². The largest absolute Gasteiger partial charge is 0.397 e. The summed E-state index contributed by atoms with van der Waals surface area (Å²) in [7, 11) is 0. The van der Waals surface area contributed by atoms with Crippen LogP contribution in [0.15, 0.2) is 61.2 Å². The lowest BCUT2D eigenvalue weighted by molar-refractivity contribution is -0.138. The van der Waals surface area contributed by atoms with Gasteiger partial charge in [-0.3, -0.25) is 9.59 Å². The van der Waals surface area contributed by atoms with E-state index in [9.17, 15) is 9.59 Å². The van der Waals surface area contributed by atoms with Gasteiger partial charge in [-0.1, -0.05) is 42.5 Å². The van der Waals surface area contributed by atoms with Crippen LogP contribution in [-0.2, 0) is 21.4 Å². The normalized spacial score (nSPS) is 25.5. The molecule has 0 unspecified atom stereocenters. The van der Waals surface area contributed by atoms with Gasteiger partial charge in [-0.05, 0) is 48.9 Å². The molecule has 0 saturated carbocycles. The zero-order valence-electron chi connectivity index (χ0n) is 15.9. The predicted octanol–water partition coefficient (Wildman–Crippen LogP) is 3.27. The Kier molecular flexibility index (Phi) is 4.46. The number of likely N-dealkylation sites (tertiary alicyclic amines) is 1.